The van der Waals surface area contributed by atoms with Crippen molar-refractivity contribution in [3.8, 4) is 0 Å². The van der Waals surface area contributed by atoms with E-state index in [0.29, 0.717) is 5.41 Å². The normalized spacial score (nSPS) is 18.4. The second-order valence-electron chi connectivity index (χ2n) is 5.37. The van der Waals surface area contributed by atoms with Crippen LogP contribution in [0.25, 0.3) is 16.3 Å². The van der Waals surface area contributed by atoms with E-state index >= 15 is 0 Å². The Morgan fingerprint density at radius 1 is 1.06 bits per heavy atom. The molecule has 1 aromatic carbocycles. The summed E-state index contributed by atoms with van der Waals surface area (Å²) in [6.07, 6.45) is 8.45. The number of hydrogen-bond donors (Lipinski definition) is 0. The molecular weight excluding hydrogens is 208 g/mol. The summed E-state index contributed by atoms with van der Waals surface area (Å²) in [7, 11) is 0. The Labute approximate surface area is 101 Å². The van der Waals surface area contributed by atoms with Gasteiger partial charge in [-0.05, 0) is 35.5 Å². The zero-order valence-corrected chi connectivity index (χ0v) is 10.3. The Kier molecular flexibility index (Phi) is 2.25. The first-order valence-corrected chi connectivity index (χ1v) is 6.08. The number of allylic oxidation sites excluding steroid dienone is 2. The van der Waals surface area contributed by atoms with E-state index in [-0.39, 0.29) is 0 Å². The maximum absolute atomic E-state index is 3.95. The van der Waals surface area contributed by atoms with Crippen LogP contribution in [0.15, 0.2) is 36.7 Å². The van der Waals surface area contributed by atoms with Crippen LogP contribution in [-0.4, -0.2) is 10.2 Å². The minimum atomic E-state index is 0.300. The number of nitrogens with zero attached hydrogens (tertiary/aromatic N) is 2. The second kappa shape index (κ2) is 3.66. The van der Waals surface area contributed by atoms with Crippen LogP contribution in [0.5, 0.6) is 0 Å². The molecule has 1 aromatic heterocycles. The Balaban J connectivity index is 2.13. The largest absolute Gasteiger partial charge is 0.158 e. The van der Waals surface area contributed by atoms with E-state index in [1.54, 1.807) is 0 Å². The highest BCUT2D eigenvalue weighted by Crippen LogP contribution is 2.44. The molecule has 0 radical (unpaired) electrons. The molecule has 0 bridgehead atoms. The highest BCUT2D eigenvalue weighted by Gasteiger charge is 2.28. The molecule has 17 heavy (non-hydrogen) atoms. The third-order valence-electron chi connectivity index (χ3n) is 3.71. The summed E-state index contributed by atoms with van der Waals surface area (Å²) < 4.78 is 0. The molecular formula is C15H16N2. The summed E-state index contributed by atoms with van der Waals surface area (Å²) in [5, 5.41) is 10.2. The number of aromatic nitrogens is 2. The van der Waals surface area contributed by atoms with E-state index in [4.69, 9.17) is 0 Å². The van der Waals surface area contributed by atoms with Crippen molar-refractivity contribution in [2.75, 3.05) is 0 Å². The van der Waals surface area contributed by atoms with Gasteiger partial charge in [-0.2, -0.15) is 10.2 Å². The molecule has 0 N–H and O–H groups in total. The van der Waals surface area contributed by atoms with Gasteiger partial charge < -0.3 is 0 Å². The van der Waals surface area contributed by atoms with Crippen LogP contribution >= 0.6 is 0 Å². The van der Waals surface area contributed by atoms with Crippen LogP contribution in [0.3, 0.4) is 0 Å². The monoisotopic (exact) mass is 224 g/mol. The smallest absolute Gasteiger partial charge is 0.0574 e. The van der Waals surface area contributed by atoms with Crippen LogP contribution in [0.2, 0.25) is 0 Å². The first-order valence-electron chi connectivity index (χ1n) is 6.08. The van der Waals surface area contributed by atoms with Crippen molar-refractivity contribution in [1.82, 2.24) is 10.2 Å². The molecule has 0 aliphatic heterocycles. The molecule has 0 amide bonds. The first-order chi connectivity index (χ1) is 8.17. The van der Waals surface area contributed by atoms with Crippen molar-refractivity contribution in [2.24, 2.45) is 5.41 Å². The molecule has 0 unspecified atom stereocenters. The standard InChI is InChI=1S/C15H16N2/c1-15(2)7-3-4-14(15)11-5-6-12-9-16-17-10-13(12)8-11/h4-6,8-10H,3,7H2,1-2H3. The predicted molar refractivity (Wildman–Crippen MR) is 70.5 cm³/mol. The Hall–Kier alpha value is -1.70. The molecule has 2 heteroatoms. The minimum absolute atomic E-state index is 0.300. The van der Waals surface area contributed by atoms with Gasteiger partial charge in [-0.15, -0.1) is 0 Å². The summed E-state index contributed by atoms with van der Waals surface area (Å²) in [5.74, 6) is 0. The van der Waals surface area contributed by atoms with E-state index in [2.05, 4.69) is 48.3 Å². The average molecular weight is 224 g/mol. The van der Waals surface area contributed by atoms with Gasteiger partial charge in [-0.1, -0.05) is 32.1 Å². The molecule has 0 saturated heterocycles. The molecule has 1 aliphatic carbocycles. The van der Waals surface area contributed by atoms with Crippen molar-refractivity contribution in [3.05, 3.63) is 42.2 Å². The maximum atomic E-state index is 3.95. The SMILES string of the molecule is CC1(C)CCC=C1c1ccc2cnncc2c1. The van der Waals surface area contributed by atoms with Crippen LogP contribution in [0.1, 0.15) is 32.3 Å². The maximum Gasteiger partial charge on any atom is 0.0574 e. The highest BCUT2D eigenvalue weighted by molar-refractivity contribution is 5.86. The lowest BCUT2D eigenvalue weighted by atomic mass is 9.82. The van der Waals surface area contributed by atoms with Crippen molar-refractivity contribution in [3.63, 3.8) is 0 Å². The van der Waals surface area contributed by atoms with Crippen LogP contribution in [0.4, 0.5) is 0 Å². The fraction of sp³-hybridized carbons (Fsp3) is 0.333. The fourth-order valence-electron chi connectivity index (χ4n) is 2.66. The quantitative estimate of drug-likeness (QED) is 0.735. The van der Waals surface area contributed by atoms with Gasteiger partial charge in [0.1, 0.15) is 0 Å². The number of fused-ring (bicyclic) bond motifs is 1. The minimum Gasteiger partial charge on any atom is -0.158 e. The van der Waals surface area contributed by atoms with E-state index in [1.807, 2.05) is 12.4 Å². The lowest BCUT2D eigenvalue weighted by Gasteiger charge is -2.22. The molecule has 1 heterocycles. The van der Waals surface area contributed by atoms with Crippen LogP contribution < -0.4 is 0 Å². The molecule has 3 rings (SSSR count). The van der Waals surface area contributed by atoms with Crippen LogP contribution in [-0.2, 0) is 0 Å². The van der Waals surface area contributed by atoms with Crippen molar-refractivity contribution in [2.45, 2.75) is 26.7 Å². The molecule has 0 spiro atoms. The summed E-state index contributed by atoms with van der Waals surface area (Å²) in [5.41, 5.74) is 3.10. The average Bonchev–Trinajstić information content (AvgIpc) is 2.68. The van der Waals surface area contributed by atoms with Crippen molar-refractivity contribution in [1.29, 1.82) is 0 Å². The highest BCUT2D eigenvalue weighted by atomic mass is 15.1. The van der Waals surface area contributed by atoms with E-state index < -0.39 is 0 Å². The van der Waals surface area contributed by atoms with Gasteiger partial charge in [0.25, 0.3) is 0 Å². The summed E-state index contributed by atoms with van der Waals surface area (Å²) in [4.78, 5) is 0. The Morgan fingerprint density at radius 2 is 1.82 bits per heavy atom. The lowest BCUT2D eigenvalue weighted by Crippen LogP contribution is -2.08. The number of rotatable bonds is 1. The van der Waals surface area contributed by atoms with E-state index in [0.717, 1.165) is 5.39 Å². The second-order valence-corrected chi connectivity index (χ2v) is 5.37. The fourth-order valence-corrected chi connectivity index (χ4v) is 2.66. The Bertz CT molecular complexity index is 597. The van der Waals surface area contributed by atoms with Gasteiger partial charge in [0.05, 0.1) is 12.4 Å². The van der Waals surface area contributed by atoms with E-state index in [1.165, 1.54) is 29.4 Å². The number of hydrogen-bond acceptors (Lipinski definition) is 2. The molecule has 2 aromatic rings. The van der Waals surface area contributed by atoms with Gasteiger partial charge in [0.15, 0.2) is 0 Å². The molecule has 86 valence electrons. The molecule has 0 saturated carbocycles. The third-order valence-corrected chi connectivity index (χ3v) is 3.71. The van der Waals surface area contributed by atoms with Gasteiger partial charge in [0, 0.05) is 10.8 Å². The third kappa shape index (κ3) is 1.74. The zero-order chi connectivity index (χ0) is 11.9. The number of benzene rings is 1. The van der Waals surface area contributed by atoms with Crippen molar-refractivity contribution < 1.29 is 0 Å². The predicted octanol–water partition coefficient (Wildman–Crippen LogP) is 3.83. The first kappa shape index (κ1) is 10.5. The van der Waals surface area contributed by atoms with Crippen molar-refractivity contribution >= 4 is 16.3 Å². The molecule has 0 atom stereocenters. The lowest BCUT2D eigenvalue weighted by molar-refractivity contribution is 0.487. The molecule has 1 aliphatic rings. The zero-order valence-electron chi connectivity index (χ0n) is 10.3. The van der Waals surface area contributed by atoms with Gasteiger partial charge in [0.2, 0.25) is 0 Å². The molecule has 2 nitrogen and oxygen atoms in total. The summed E-state index contributed by atoms with van der Waals surface area (Å²) >= 11 is 0. The van der Waals surface area contributed by atoms with Gasteiger partial charge in [-0.25, -0.2) is 0 Å². The van der Waals surface area contributed by atoms with Crippen LogP contribution in [0, 0.1) is 5.41 Å². The van der Waals surface area contributed by atoms with Gasteiger partial charge in [-0.3, -0.25) is 0 Å². The topological polar surface area (TPSA) is 25.8 Å². The van der Waals surface area contributed by atoms with Gasteiger partial charge >= 0.3 is 0 Å². The summed E-state index contributed by atoms with van der Waals surface area (Å²) in [6.45, 7) is 4.64. The Morgan fingerprint density at radius 3 is 2.53 bits per heavy atom. The molecule has 0 fully saturated rings. The summed E-state index contributed by atoms with van der Waals surface area (Å²) in [6, 6.07) is 6.56. The van der Waals surface area contributed by atoms with E-state index in [9.17, 15) is 0 Å².